The Labute approximate surface area is 158 Å². The Bertz CT molecular complexity index is 1190. The summed E-state index contributed by atoms with van der Waals surface area (Å²) in [5.74, 6) is -2.64. The summed E-state index contributed by atoms with van der Waals surface area (Å²) in [5.41, 5.74) is -1.01. The zero-order chi connectivity index (χ0) is 20.3. The molecule has 7 nitrogen and oxygen atoms in total. The number of nitrogens with one attached hydrogen (secondary N) is 1. The number of aromatic nitrogens is 2. The van der Waals surface area contributed by atoms with Crippen LogP contribution in [-0.2, 0) is 21.2 Å². The number of carbonyl (C=O) groups excluding carboxylic acids is 1. The molecular weight excluding hydrogens is 392 g/mol. The van der Waals surface area contributed by atoms with Gasteiger partial charge in [0.25, 0.3) is 5.56 Å². The Kier molecular flexibility index (Phi) is 5.32. The van der Waals surface area contributed by atoms with Crippen molar-refractivity contribution in [3.05, 3.63) is 82.7 Å². The highest BCUT2D eigenvalue weighted by atomic mass is 32.2. The first kappa shape index (κ1) is 19.4. The molecule has 0 aliphatic carbocycles. The Morgan fingerprint density at radius 3 is 2.43 bits per heavy atom. The van der Waals surface area contributed by atoms with Crippen molar-refractivity contribution >= 4 is 21.4 Å². The Morgan fingerprint density at radius 1 is 1.04 bits per heavy atom. The molecule has 0 aliphatic heterocycles. The monoisotopic (exact) mass is 405 g/mol. The van der Waals surface area contributed by atoms with E-state index in [2.05, 4.69) is 10.4 Å². The number of nitrogens with zero attached hydrogens (tertiary/aromatic N) is 2. The van der Waals surface area contributed by atoms with E-state index >= 15 is 0 Å². The standard InChI is InChI=1S/C18H13F2N3O4S/c19-12-6-7-15(14(20)10-12)21-16(24)11-23-18(25)9-8-17(22-23)28(26,27)13-4-2-1-3-5-13/h1-10H,11H2,(H,21,24). The molecule has 3 rings (SSSR count). The van der Waals surface area contributed by atoms with Crippen molar-refractivity contribution in [3.63, 3.8) is 0 Å². The fraction of sp³-hybridized carbons (Fsp3) is 0.0556. The van der Waals surface area contributed by atoms with Crippen LogP contribution in [-0.4, -0.2) is 24.1 Å². The summed E-state index contributed by atoms with van der Waals surface area (Å²) in [6.45, 7) is -0.659. The predicted molar refractivity (Wildman–Crippen MR) is 95.4 cm³/mol. The lowest BCUT2D eigenvalue weighted by atomic mass is 10.3. The molecule has 0 aliphatic rings. The van der Waals surface area contributed by atoms with Gasteiger partial charge in [-0.2, -0.15) is 5.10 Å². The molecule has 10 heteroatoms. The van der Waals surface area contributed by atoms with Gasteiger partial charge in [0.2, 0.25) is 15.7 Å². The molecule has 0 radical (unpaired) electrons. The van der Waals surface area contributed by atoms with Gasteiger partial charge in [0.15, 0.2) is 5.03 Å². The Hall–Kier alpha value is -3.40. The highest BCUT2D eigenvalue weighted by Gasteiger charge is 2.20. The molecule has 1 aromatic heterocycles. The van der Waals surface area contributed by atoms with Crippen molar-refractivity contribution < 1.29 is 22.0 Å². The number of hydrogen-bond donors (Lipinski definition) is 1. The summed E-state index contributed by atoms with van der Waals surface area (Å²) >= 11 is 0. The van der Waals surface area contributed by atoms with Gasteiger partial charge in [0, 0.05) is 12.1 Å². The van der Waals surface area contributed by atoms with Crippen molar-refractivity contribution in [2.75, 3.05) is 5.32 Å². The number of rotatable bonds is 5. The molecule has 0 fully saturated rings. The number of anilines is 1. The van der Waals surface area contributed by atoms with E-state index < -0.39 is 44.5 Å². The number of sulfone groups is 1. The van der Waals surface area contributed by atoms with E-state index in [4.69, 9.17) is 0 Å². The number of hydrogen-bond acceptors (Lipinski definition) is 5. The molecule has 0 spiro atoms. The highest BCUT2D eigenvalue weighted by Crippen LogP contribution is 2.17. The third-order valence-corrected chi connectivity index (χ3v) is 5.33. The van der Waals surface area contributed by atoms with Gasteiger partial charge in [-0.3, -0.25) is 9.59 Å². The van der Waals surface area contributed by atoms with Crippen molar-refractivity contribution in [1.82, 2.24) is 9.78 Å². The largest absolute Gasteiger partial charge is 0.322 e. The SMILES string of the molecule is O=C(Cn1nc(S(=O)(=O)c2ccccc2)ccc1=O)Nc1ccc(F)cc1F. The maximum absolute atomic E-state index is 13.6. The van der Waals surface area contributed by atoms with Gasteiger partial charge in [-0.05, 0) is 30.3 Å². The maximum atomic E-state index is 13.6. The molecular formula is C18H13F2N3O4S. The average molecular weight is 405 g/mol. The van der Waals surface area contributed by atoms with E-state index in [9.17, 15) is 26.8 Å². The van der Waals surface area contributed by atoms with Crippen LogP contribution in [0.1, 0.15) is 0 Å². The second-order valence-electron chi connectivity index (χ2n) is 5.66. The molecule has 1 N–H and O–H groups in total. The van der Waals surface area contributed by atoms with Crippen molar-refractivity contribution in [2.45, 2.75) is 16.5 Å². The Morgan fingerprint density at radius 2 is 1.75 bits per heavy atom. The van der Waals surface area contributed by atoms with Crippen molar-refractivity contribution in [3.8, 4) is 0 Å². The molecule has 144 valence electrons. The summed E-state index contributed by atoms with van der Waals surface area (Å²) in [7, 11) is -3.99. The number of amides is 1. The lowest BCUT2D eigenvalue weighted by molar-refractivity contribution is -0.117. The molecule has 1 heterocycles. The van der Waals surface area contributed by atoms with E-state index in [0.717, 1.165) is 24.3 Å². The number of benzene rings is 2. The Balaban J connectivity index is 1.86. The van der Waals surface area contributed by atoms with Crippen LogP contribution in [0.2, 0.25) is 0 Å². The van der Waals surface area contributed by atoms with E-state index in [-0.39, 0.29) is 10.6 Å². The molecule has 0 atom stereocenters. The van der Waals surface area contributed by atoms with Gasteiger partial charge in [-0.15, -0.1) is 0 Å². The summed E-state index contributed by atoms with van der Waals surface area (Å²) in [4.78, 5) is 24.0. The normalized spacial score (nSPS) is 11.2. The summed E-state index contributed by atoms with van der Waals surface area (Å²) in [5, 5.41) is 5.50. The topological polar surface area (TPSA) is 98.1 Å². The van der Waals surface area contributed by atoms with Crippen LogP contribution in [0.5, 0.6) is 0 Å². The molecule has 0 saturated carbocycles. The molecule has 1 amide bonds. The fourth-order valence-corrected chi connectivity index (χ4v) is 3.53. The van der Waals surface area contributed by atoms with Crippen LogP contribution in [0.4, 0.5) is 14.5 Å². The minimum absolute atomic E-state index is 0.0227. The quantitative estimate of drug-likeness (QED) is 0.700. The van der Waals surface area contributed by atoms with Gasteiger partial charge in [0.1, 0.15) is 18.2 Å². The van der Waals surface area contributed by atoms with Crippen LogP contribution >= 0.6 is 0 Å². The molecule has 0 unspecified atom stereocenters. The van der Waals surface area contributed by atoms with Gasteiger partial charge < -0.3 is 5.32 Å². The van der Waals surface area contributed by atoms with Gasteiger partial charge >= 0.3 is 0 Å². The molecule has 0 bridgehead atoms. The first-order chi connectivity index (χ1) is 13.3. The molecule has 0 saturated heterocycles. The lowest BCUT2D eigenvalue weighted by Crippen LogP contribution is -2.30. The number of halogens is 2. The molecule has 28 heavy (non-hydrogen) atoms. The summed E-state index contributed by atoms with van der Waals surface area (Å²) < 4.78 is 52.4. The predicted octanol–water partition coefficient (Wildman–Crippen LogP) is 1.99. The fourth-order valence-electron chi connectivity index (χ4n) is 2.32. The van der Waals surface area contributed by atoms with Gasteiger partial charge in [-0.1, -0.05) is 18.2 Å². The average Bonchev–Trinajstić information content (AvgIpc) is 2.66. The van der Waals surface area contributed by atoms with Crippen LogP contribution in [0.3, 0.4) is 0 Å². The van der Waals surface area contributed by atoms with Crippen molar-refractivity contribution in [1.29, 1.82) is 0 Å². The van der Waals surface area contributed by atoms with E-state index in [1.165, 1.54) is 24.3 Å². The smallest absolute Gasteiger partial charge is 0.267 e. The van der Waals surface area contributed by atoms with Crippen molar-refractivity contribution in [2.24, 2.45) is 0 Å². The first-order valence-corrected chi connectivity index (χ1v) is 9.39. The zero-order valence-corrected chi connectivity index (χ0v) is 15.0. The zero-order valence-electron chi connectivity index (χ0n) is 14.2. The lowest BCUT2D eigenvalue weighted by Gasteiger charge is -2.09. The van der Waals surface area contributed by atoms with Crippen LogP contribution in [0, 0.1) is 11.6 Å². The van der Waals surface area contributed by atoms with Crippen LogP contribution in [0.15, 0.2) is 75.4 Å². The van der Waals surface area contributed by atoms with Gasteiger partial charge in [0.05, 0.1) is 10.6 Å². The summed E-state index contributed by atoms with van der Waals surface area (Å²) in [6.07, 6.45) is 0. The van der Waals surface area contributed by atoms with Gasteiger partial charge in [-0.25, -0.2) is 21.9 Å². The summed E-state index contributed by atoms with van der Waals surface area (Å²) in [6, 6.07) is 12.0. The minimum atomic E-state index is -3.99. The molecule has 3 aromatic rings. The van der Waals surface area contributed by atoms with Crippen LogP contribution in [0.25, 0.3) is 0 Å². The van der Waals surface area contributed by atoms with E-state index in [0.29, 0.717) is 10.7 Å². The number of carbonyl (C=O) groups is 1. The first-order valence-electron chi connectivity index (χ1n) is 7.90. The van der Waals surface area contributed by atoms with E-state index in [1.807, 2.05) is 0 Å². The highest BCUT2D eigenvalue weighted by molar-refractivity contribution is 7.91. The van der Waals surface area contributed by atoms with Crippen LogP contribution < -0.4 is 10.9 Å². The third kappa shape index (κ3) is 4.12. The second kappa shape index (κ2) is 7.69. The molecule has 2 aromatic carbocycles. The minimum Gasteiger partial charge on any atom is -0.322 e. The maximum Gasteiger partial charge on any atom is 0.267 e. The second-order valence-corrected chi connectivity index (χ2v) is 7.55. The van der Waals surface area contributed by atoms with E-state index in [1.54, 1.807) is 6.07 Å². The third-order valence-electron chi connectivity index (χ3n) is 3.67.